The highest BCUT2D eigenvalue weighted by atomic mass is 16.5. The van der Waals surface area contributed by atoms with Gasteiger partial charge < -0.3 is 20.3 Å². The van der Waals surface area contributed by atoms with Crippen molar-refractivity contribution in [3.05, 3.63) is 0 Å². The molecule has 0 radical (unpaired) electrons. The molecule has 2 atom stereocenters. The largest absolute Gasteiger partial charge is 0.466 e. The lowest BCUT2D eigenvalue weighted by atomic mass is 10.0. The third-order valence-corrected chi connectivity index (χ3v) is 18.7. The first-order valence-corrected chi connectivity index (χ1v) is 38.8. The van der Waals surface area contributed by atoms with Crippen molar-refractivity contribution in [2.24, 2.45) is 0 Å². The number of amides is 1. The molecule has 2 unspecified atom stereocenters. The fourth-order valence-electron chi connectivity index (χ4n) is 12.8. The number of unbranched alkanes of at least 4 members (excludes halogenated alkanes) is 63. The van der Waals surface area contributed by atoms with Gasteiger partial charge in [-0.1, -0.05) is 418 Å². The van der Waals surface area contributed by atoms with Crippen molar-refractivity contribution in [3.8, 4) is 0 Å². The zero-order valence-electron chi connectivity index (χ0n) is 57.0. The lowest BCUT2D eigenvalue weighted by molar-refractivity contribution is -0.143. The average molecular weight is 1170 g/mol. The molecule has 6 heteroatoms. The third kappa shape index (κ3) is 69.8. The van der Waals surface area contributed by atoms with Crippen LogP contribution in [0.5, 0.6) is 0 Å². The number of hydrogen-bond acceptors (Lipinski definition) is 5. The van der Waals surface area contributed by atoms with Gasteiger partial charge >= 0.3 is 5.97 Å². The predicted molar refractivity (Wildman–Crippen MR) is 366 cm³/mol. The van der Waals surface area contributed by atoms with Gasteiger partial charge in [-0.15, -0.1) is 0 Å². The van der Waals surface area contributed by atoms with Crippen molar-refractivity contribution >= 4 is 11.9 Å². The summed E-state index contributed by atoms with van der Waals surface area (Å²) in [5.74, 6) is -0.00100. The van der Waals surface area contributed by atoms with Gasteiger partial charge in [-0.05, 0) is 25.7 Å². The number of hydrogen-bond donors (Lipinski definition) is 3. The Kier molecular flexibility index (Phi) is 72.3. The molecule has 1 amide bonds. The first kappa shape index (κ1) is 81.9. The van der Waals surface area contributed by atoms with Crippen molar-refractivity contribution in [1.29, 1.82) is 0 Å². The standard InChI is InChI=1S/C77H153NO5/c1-3-5-7-9-11-13-15-17-19-20-21-22-33-36-39-42-45-49-53-57-61-65-69-75(80)74(73-79)78-76(81)70-66-62-58-54-50-46-43-40-37-34-31-29-27-25-23-24-26-28-30-32-35-38-41-44-48-52-56-60-64-68-72-83-77(82)71-67-63-59-55-51-47-18-16-14-12-10-8-6-4-2/h74-75,79-80H,3-73H2,1-2H3,(H,78,81). The first-order valence-electron chi connectivity index (χ1n) is 38.8. The summed E-state index contributed by atoms with van der Waals surface area (Å²) in [6, 6.07) is -0.538. The van der Waals surface area contributed by atoms with Gasteiger partial charge in [0.2, 0.25) is 5.91 Å². The smallest absolute Gasteiger partial charge is 0.305 e. The molecule has 0 fully saturated rings. The Balaban J connectivity index is 3.32. The van der Waals surface area contributed by atoms with Crippen LogP contribution in [0.2, 0.25) is 0 Å². The minimum absolute atomic E-state index is 0.0239. The Bertz CT molecular complexity index is 1210. The van der Waals surface area contributed by atoms with Crippen LogP contribution in [0, 0.1) is 0 Å². The fourth-order valence-corrected chi connectivity index (χ4v) is 12.8. The lowest BCUT2D eigenvalue weighted by Gasteiger charge is -2.22. The van der Waals surface area contributed by atoms with Gasteiger partial charge in [-0.25, -0.2) is 0 Å². The maximum atomic E-state index is 12.6. The van der Waals surface area contributed by atoms with E-state index in [9.17, 15) is 19.8 Å². The second-order valence-electron chi connectivity index (χ2n) is 27.1. The summed E-state index contributed by atoms with van der Waals surface area (Å²) in [7, 11) is 0. The highest BCUT2D eigenvalue weighted by molar-refractivity contribution is 5.76. The van der Waals surface area contributed by atoms with Gasteiger partial charge in [0.15, 0.2) is 0 Å². The van der Waals surface area contributed by atoms with E-state index >= 15 is 0 Å². The molecule has 6 nitrogen and oxygen atoms in total. The van der Waals surface area contributed by atoms with Crippen LogP contribution in [0.15, 0.2) is 0 Å². The monoisotopic (exact) mass is 1170 g/mol. The van der Waals surface area contributed by atoms with E-state index < -0.39 is 12.1 Å². The SMILES string of the molecule is CCCCCCCCCCCCCCCCCCCCCCCCC(O)C(CO)NC(=O)CCCCCCCCCCCCCCCCCCCCCCCCCCCCCCCCOC(=O)CCCCCCCCCCCCCCCC. The van der Waals surface area contributed by atoms with Crippen molar-refractivity contribution in [1.82, 2.24) is 5.32 Å². The van der Waals surface area contributed by atoms with Gasteiger partial charge in [0.25, 0.3) is 0 Å². The van der Waals surface area contributed by atoms with Gasteiger partial charge in [-0.2, -0.15) is 0 Å². The highest BCUT2D eigenvalue weighted by Crippen LogP contribution is 2.20. The quantitative estimate of drug-likeness (QED) is 0.0417. The van der Waals surface area contributed by atoms with E-state index in [0.29, 0.717) is 25.9 Å². The summed E-state index contributed by atoms with van der Waals surface area (Å²) in [5.41, 5.74) is 0. The van der Waals surface area contributed by atoms with Gasteiger partial charge in [-0.3, -0.25) is 9.59 Å². The number of carbonyl (C=O) groups is 2. The molecular formula is C77H153NO5. The molecule has 3 N–H and O–H groups in total. The van der Waals surface area contributed by atoms with Crippen LogP contribution in [-0.2, 0) is 14.3 Å². The number of aliphatic hydroxyl groups is 2. The van der Waals surface area contributed by atoms with Crippen LogP contribution in [0.3, 0.4) is 0 Å². The molecule has 0 heterocycles. The third-order valence-electron chi connectivity index (χ3n) is 18.7. The summed E-state index contributed by atoms with van der Waals surface area (Å²) in [6.07, 6.45) is 90.4. The van der Waals surface area contributed by atoms with E-state index in [-0.39, 0.29) is 18.5 Å². The number of nitrogens with one attached hydrogen (secondary N) is 1. The van der Waals surface area contributed by atoms with Crippen molar-refractivity contribution < 1.29 is 24.5 Å². The Labute approximate surface area is 521 Å². The minimum atomic E-state index is -0.662. The maximum Gasteiger partial charge on any atom is 0.305 e. The minimum Gasteiger partial charge on any atom is -0.466 e. The summed E-state index contributed by atoms with van der Waals surface area (Å²) < 4.78 is 5.50. The summed E-state index contributed by atoms with van der Waals surface area (Å²) in [4.78, 5) is 24.6. The molecular weight excluding hydrogens is 1020 g/mol. The Morgan fingerprint density at radius 2 is 0.494 bits per heavy atom. The molecule has 0 spiro atoms. The molecule has 0 rings (SSSR count). The van der Waals surface area contributed by atoms with Crippen LogP contribution in [-0.4, -0.2) is 47.4 Å². The van der Waals surface area contributed by atoms with E-state index in [1.807, 2.05) is 0 Å². The van der Waals surface area contributed by atoms with Crippen molar-refractivity contribution in [2.75, 3.05) is 13.2 Å². The molecule has 83 heavy (non-hydrogen) atoms. The van der Waals surface area contributed by atoms with Gasteiger partial charge in [0.05, 0.1) is 25.4 Å². The molecule has 0 aliphatic heterocycles. The average Bonchev–Trinajstić information content (AvgIpc) is 3.48. The summed E-state index contributed by atoms with van der Waals surface area (Å²) in [6.45, 7) is 5.02. The Hall–Kier alpha value is -1.14. The molecule has 0 aliphatic rings. The molecule has 0 aliphatic carbocycles. The molecule has 0 saturated heterocycles. The Morgan fingerprint density at radius 3 is 0.735 bits per heavy atom. The summed E-state index contributed by atoms with van der Waals surface area (Å²) >= 11 is 0. The van der Waals surface area contributed by atoms with Crippen LogP contribution >= 0.6 is 0 Å². The number of ether oxygens (including phenoxy) is 1. The lowest BCUT2D eigenvalue weighted by Crippen LogP contribution is -2.45. The molecule has 0 aromatic rings. The van der Waals surface area contributed by atoms with Crippen LogP contribution in [0.25, 0.3) is 0 Å². The van der Waals surface area contributed by atoms with Crippen LogP contribution in [0.4, 0.5) is 0 Å². The van der Waals surface area contributed by atoms with Gasteiger partial charge in [0.1, 0.15) is 0 Å². The normalized spacial score (nSPS) is 12.4. The van der Waals surface area contributed by atoms with Crippen molar-refractivity contribution in [2.45, 2.75) is 469 Å². The fraction of sp³-hybridized carbons (Fsp3) is 0.974. The summed E-state index contributed by atoms with van der Waals surface area (Å²) in [5, 5.41) is 23.5. The zero-order valence-corrected chi connectivity index (χ0v) is 57.0. The van der Waals surface area contributed by atoms with E-state index in [1.54, 1.807) is 0 Å². The number of carbonyl (C=O) groups excluding carboxylic acids is 2. The van der Waals surface area contributed by atoms with Gasteiger partial charge in [0, 0.05) is 12.8 Å². The zero-order chi connectivity index (χ0) is 59.9. The highest BCUT2D eigenvalue weighted by Gasteiger charge is 2.20. The number of rotatable bonds is 74. The number of esters is 1. The first-order chi connectivity index (χ1) is 41.0. The molecule has 0 saturated carbocycles. The molecule has 0 aromatic carbocycles. The maximum absolute atomic E-state index is 12.6. The van der Waals surface area contributed by atoms with Crippen LogP contribution in [0.1, 0.15) is 457 Å². The molecule has 0 bridgehead atoms. The van der Waals surface area contributed by atoms with E-state index in [1.165, 1.54) is 385 Å². The van der Waals surface area contributed by atoms with Crippen LogP contribution < -0.4 is 5.32 Å². The molecule has 0 aromatic heterocycles. The topological polar surface area (TPSA) is 95.9 Å². The molecule has 496 valence electrons. The van der Waals surface area contributed by atoms with E-state index in [0.717, 1.165) is 38.5 Å². The predicted octanol–water partition coefficient (Wildman–Crippen LogP) is 25.3. The van der Waals surface area contributed by atoms with Crippen molar-refractivity contribution in [3.63, 3.8) is 0 Å². The number of aliphatic hydroxyl groups excluding tert-OH is 2. The second kappa shape index (κ2) is 73.3. The second-order valence-corrected chi connectivity index (χ2v) is 27.1. The van der Waals surface area contributed by atoms with E-state index in [4.69, 9.17) is 4.74 Å². The Morgan fingerprint density at radius 1 is 0.289 bits per heavy atom. The van der Waals surface area contributed by atoms with E-state index in [2.05, 4.69) is 19.2 Å².